The van der Waals surface area contributed by atoms with Crippen molar-refractivity contribution in [3.05, 3.63) is 24.4 Å². The van der Waals surface area contributed by atoms with E-state index in [-0.39, 0.29) is 12.4 Å². The van der Waals surface area contributed by atoms with Gasteiger partial charge in [-0.1, -0.05) is 0 Å². The summed E-state index contributed by atoms with van der Waals surface area (Å²) in [5.41, 5.74) is 6.40. The molecule has 30 heavy (non-hydrogen) atoms. The van der Waals surface area contributed by atoms with E-state index in [0.717, 1.165) is 0 Å². The van der Waals surface area contributed by atoms with Gasteiger partial charge in [-0.2, -0.15) is 8.42 Å². The number of nitrogens with two attached hydrogens (primary N) is 1. The van der Waals surface area contributed by atoms with Crippen LogP contribution in [-0.4, -0.2) is 55.6 Å². The van der Waals surface area contributed by atoms with Crippen LogP contribution in [0.1, 0.15) is 6.92 Å². The lowest BCUT2D eigenvalue weighted by Gasteiger charge is -2.19. The Kier molecular flexibility index (Phi) is 5.02. The molecule has 2 aliphatic rings. The number of ether oxygens (including phenoxy) is 1. The Balaban J connectivity index is 1.72. The minimum atomic E-state index is -4.36. The van der Waals surface area contributed by atoms with Gasteiger partial charge in [0.1, 0.15) is 30.3 Å². The van der Waals surface area contributed by atoms with Crippen LogP contribution in [0.3, 0.4) is 0 Å². The third-order valence-corrected chi connectivity index (χ3v) is 6.21. The number of alkyl halides is 2. The number of anilines is 2. The lowest BCUT2D eigenvalue weighted by Crippen LogP contribution is -2.39. The van der Waals surface area contributed by atoms with Gasteiger partial charge in [-0.15, -0.1) is 0 Å². The highest BCUT2D eigenvalue weighted by Crippen LogP contribution is 2.37. The van der Waals surface area contributed by atoms with E-state index >= 15 is 0 Å². The quantitative estimate of drug-likeness (QED) is 0.704. The number of halogens is 2. The van der Waals surface area contributed by atoms with E-state index in [1.54, 1.807) is 29.7 Å². The number of amides is 1. The molecule has 1 unspecified atom stereocenters. The molecule has 4 rings (SSSR count). The van der Waals surface area contributed by atoms with E-state index < -0.39 is 41.3 Å². The summed E-state index contributed by atoms with van der Waals surface area (Å²) in [7, 11) is -4.36. The first-order valence-electron chi connectivity index (χ1n) is 9.04. The van der Waals surface area contributed by atoms with E-state index in [1.807, 2.05) is 0 Å². The second-order valence-electron chi connectivity index (χ2n) is 6.88. The van der Waals surface area contributed by atoms with Gasteiger partial charge in [-0.25, -0.2) is 18.1 Å². The van der Waals surface area contributed by atoms with Crippen LogP contribution in [-0.2, 0) is 25.8 Å². The molecule has 1 aromatic carbocycles. The Bertz CT molecular complexity index is 1090. The normalized spacial score (nSPS) is 20.8. The summed E-state index contributed by atoms with van der Waals surface area (Å²) in [6, 6.07) is 2.78. The molecule has 3 heterocycles. The van der Waals surface area contributed by atoms with Gasteiger partial charge in [0, 0.05) is 18.0 Å². The first-order valence-corrected chi connectivity index (χ1v) is 10.4. The predicted molar refractivity (Wildman–Crippen MR) is 103 cm³/mol. The Hall–Kier alpha value is -2.93. The van der Waals surface area contributed by atoms with Gasteiger partial charge in [0.25, 0.3) is 6.43 Å². The molecule has 10 nitrogen and oxygen atoms in total. The molecule has 2 aliphatic heterocycles. The summed E-state index contributed by atoms with van der Waals surface area (Å²) in [6.07, 6.45) is -1.54. The second-order valence-corrected chi connectivity index (χ2v) is 8.37. The van der Waals surface area contributed by atoms with E-state index in [2.05, 4.69) is 14.5 Å². The molecule has 0 radical (unpaired) electrons. The summed E-state index contributed by atoms with van der Waals surface area (Å²) in [5, 5.41) is 2.95. The van der Waals surface area contributed by atoms with Gasteiger partial charge < -0.3 is 20.4 Å². The molecule has 0 bridgehead atoms. The van der Waals surface area contributed by atoms with Crippen molar-refractivity contribution in [2.75, 3.05) is 22.8 Å². The molecule has 13 heteroatoms. The van der Waals surface area contributed by atoms with E-state index in [4.69, 9.17) is 10.5 Å². The first kappa shape index (κ1) is 20.3. The highest BCUT2D eigenvalue weighted by Gasteiger charge is 2.45. The third kappa shape index (κ3) is 3.54. The largest absolute Gasteiger partial charge is 0.491 e. The van der Waals surface area contributed by atoms with Crippen molar-refractivity contribution in [2.24, 2.45) is 5.73 Å². The fourth-order valence-electron chi connectivity index (χ4n) is 3.29. The molecule has 1 aromatic heterocycles. The maximum Gasteiger partial charge on any atom is 0.364 e. The molecule has 1 amide bonds. The van der Waals surface area contributed by atoms with Crippen LogP contribution in [0.4, 0.5) is 20.3 Å². The molecule has 0 aliphatic carbocycles. The van der Waals surface area contributed by atoms with Gasteiger partial charge in [0.2, 0.25) is 5.91 Å². The van der Waals surface area contributed by atoms with Crippen molar-refractivity contribution in [2.45, 2.75) is 32.0 Å². The van der Waals surface area contributed by atoms with Gasteiger partial charge in [0.05, 0.1) is 18.7 Å². The van der Waals surface area contributed by atoms with Crippen molar-refractivity contribution >= 4 is 27.7 Å². The van der Waals surface area contributed by atoms with Crippen LogP contribution in [0.15, 0.2) is 24.4 Å². The number of imidazole rings is 1. The molecule has 2 aromatic rings. The smallest absolute Gasteiger partial charge is 0.364 e. The minimum absolute atomic E-state index is 0.148. The van der Waals surface area contributed by atoms with E-state index in [1.165, 1.54) is 6.20 Å². The maximum absolute atomic E-state index is 13.3. The molecular weight excluding hydrogens is 424 g/mol. The number of carbonyl (C=O) groups is 1. The summed E-state index contributed by atoms with van der Waals surface area (Å²) in [6.45, 7) is 1.54. The highest BCUT2D eigenvalue weighted by molar-refractivity contribution is 7.88. The zero-order valence-electron chi connectivity index (χ0n) is 15.8. The Morgan fingerprint density at radius 2 is 2.17 bits per heavy atom. The number of hydrogen-bond donors (Lipinski definition) is 2. The standard InChI is InChI=1S/C17H19F2N5O5S/c1-9(16(20)25)21-10-2-3-11-13(6-10)28-5-4-23-7-14(22-17(11)23)24-12(15(18)19)8-29-30(24,26)27/h2-3,6-7,9,12,15,21H,4-5,8H2,1H3,(H2,20,25)/t9?,12-/m0/s1. The Morgan fingerprint density at radius 1 is 1.40 bits per heavy atom. The van der Waals surface area contributed by atoms with Gasteiger partial charge in [0.15, 0.2) is 5.82 Å². The summed E-state index contributed by atoms with van der Waals surface area (Å²) in [5.74, 6) is 0.138. The van der Waals surface area contributed by atoms with Gasteiger partial charge in [-0.3, -0.25) is 8.98 Å². The number of nitrogens with zero attached hydrogens (tertiary/aromatic N) is 3. The van der Waals surface area contributed by atoms with Crippen LogP contribution in [0.25, 0.3) is 11.4 Å². The topological polar surface area (TPSA) is 129 Å². The van der Waals surface area contributed by atoms with Crippen molar-refractivity contribution in [3.8, 4) is 17.1 Å². The molecule has 3 N–H and O–H groups in total. The highest BCUT2D eigenvalue weighted by atomic mass is 32.2. The molecule has 1 saturated heterocycles. The molecule has 162 valence electrons. The van der Waals surface area contributed by atoms with Crippen molar-refractivity contribution < 1.29 is 30.9 Å². The molecule has 0 saturated carbocycles. The SMILES string of the molecule is CC(Nc1ccc2c(c1)OCCn1cc(N3[C@H](C(F)F)COS3(=O)=O)nc1-2)C(N)=O. The summed E-state index contributed by atoms with van der Waals surface area (Å²) >= 11 is 0. The monoisotopic (exact) mass is 443 g/mol. The zero-order valence-corrected chi connectivity index (χ0v) is 16.6. The van der Waals surface area contributed by atoms with Gasteiger partial charge >= 0.3 is 10.3 Å². The molecule has 1 fully saturated rings. The molecular formula is C17H19F2N5O5S. The number of fused-ring (bicyclic) bond motifs is 3. The number of primary amides is 1. The first-order chi connectivity index (χ1) is 14.2. The van der Waals surface area contributed by atoms with Crippen molar-refractivity contribution in [3.63, 3.8) is 0 Å². The predicted octanol–water partition coefficient (Wildman–Crippen LogP) is 0.943. The lowest BCUT2D eigenvalue weighted by molar-refractivity contribution is -0.118. The number of benzene rings is 1. The van der Waals surface area contributed by atoms with Crippen molar-refractivity contribution in [1.29, 1.82) is 0 Å². The fraction of sp³-hybridized carbons (Fsp3) is 0.412. The third-order valence-electron chi connectivity index (χ3n) is 4.83. The van der Waals surface area contributed by atoms with Gasteiger partial charge in [-0.05, 0) is 19.1 Å². The Labute approximate surface area is 170 Å². The van der Waals surface area contributed by atoms with Crippen molar-refractivity contribution in [1.82, 2.24) is 9.55 Å². The maximum atomic E-state index is 13.3. The summed E-state index contributed by atoms with van der Waals surface area (Å²) < 4.78 is 63.5. The average molecular weight is 443 g/mol. The van der Waals surface area contributed by atoms with Crippen LogP contribution >= 0.6 is 0 Å². The average Bonchev–Trinajstić information content (AvgIpc) is 3.17. The van der Waals surface area contributed by atoms with E-state index in [0.29, 0.717) is 33.7 Å². The van der Waals surface area contributed by atoms with Crippen LogP contribution in [0.2, 0.25) is 0 Å². The minimum Gasteiger partial charge on any atom is -0.491 e. The van der Waals surface area contributed by atoms with Crippen LogP contribution in [0, 0.1) is 0 Å². The Morgan fingerprint density at radius 3 is 2.87 bits per heavy atom. The number of rotatable bonds is 5. The van der Waals surface area contributed by atoms with E-state index in [9.17, 15) is 22.0 Å². The number of carbonyl (C=O) groups excluding carboxylic acids is 1. The lowest BCUT2D eigenvalue weighted by atomic mass is 10.1. The molecule has 0 spiro atoms. The second kappa shape index (κ2) is 7.40. The number of aromatic nitrogens is 2. The molecule has 2 atom stereocenters. The van der Waals surface area contributed by atoms with Crippen LogP contribution < -0.4 is 20.1 Å². The fourth-order valence-corrected chi connectivity index (χ4v) is 4.52. The summed E-state index contributed by atoms with van der Waals surface area (Å²) in [4.78, 5) is 15.6. The number of hydrogen-bond acceptors (Lipinski definition) is 7. The van der Waals surface area contributed by atoms with Crippen LogP contribution in [0.5, 0.6) is 5.75 Å². The zero-order chi connectivity index (χ0) is 21.6. The number of nitrogens with one attached hydrogen (secondary N) is 1.